The molecule has 3 aromatic rings. The molecule has 3 rings (SSSR count). The summed E-state index contributed by atoms with van der Waals surface area (Å²) in [7, 11) is 0. The van der Waals surface area contributed by atoms with Gasteiger partial charge in [-0.05, 0) is 24.1 Å². The van der Waals surface area contributed by atoms with Gasteiger partial charge < -0.3 is 9.84 Å². The van der Waals surface area contributed by atoms with Crippen molar-refractivity contribution in [1.82, 2.24) is 0 Å². The van der Waals surface area contributed by atoms with Gasteiger partial charge in [-0.15, -0.1) is 0 Å². The van der Waals surface area contributed by atoms with Crippen LogP contribution in [0.2, 0.25) is 0 Å². The summed E-state index contributed by atoms with van der Waals surface area (Å²) in [5.41, 5.74) is 2.74. The van der Waals surface area contributed by atoms with E-state index in [4.69, 9.17) is 18.7 Å². The number of aliphatic hydroxyl groups is 1. The summed E-state index contributed by atoms with van der Waals surface area (Å²) in [6, 6.07) is 27.4. The van der Waals surface area contributed by atoms with E-state index in [9.17, 15) is 5.11 Å². The van der Waals surface area contributed by atoms with E-state index in [1.54, 1.807) is 0 Å². The Bertz CT molecular complexity index is 862. The van der Waals surface area contributed by atoms with E-state index >= 15 is 0 Å². The summed E-state index contributed by atoms with van der Waals surface area (Å²) < 4.78 is 28.6. The number of hydrogen-bond acceptors (Lipinski definition) is 2. The molecule has 6 heteroatoms. The van der Waals surface area contributed by atoms with Crippen LogP contribution in [-0.4, -0.2) is 5.11 Å². The van der Waals surface area contributed by atoms with Crippen LogP contribution in [0.1, 0.15) is 35.8 Å². The Labute approximate surface area is 187 Å². The quantitative estimate of drug-likeness (QED) is 0.457. The molecule has 5 nitrogen and oxygen atoms in total. The van der Waals surface area contributed by atoms with Gasteiger partial charge in [0.25, 0.3) is 0 Å². The third-order valence-corrected chi connectivity index (χ3v) is 3.90. The normalized spacial score (nSPS) is 10.4. The second-order valence-corrected chi connectivity index (χ2v) is 5.52. The number of aliphatic hydroxyl groups excluding tert-OH is 1. The molecule has 2 atom stereocenters. The maximum atomic E-state index is 10.7. The Balaban J connectivity index is 0. The number of hydrogen-bond donors (Lipinski definition) is 1. The van der Waals surface area contributed by atoms with Gasteiger partial charge in [0, 0.05) is 22.9 Å². The van der Waals surface area contributed by atoms with Crippen LogP contribution in [0.25, 0.3) is 0 Å². The van der Waals surface area contributed by atoms with E-state index in [0.717, 1.165) is 16.7 Å². The molecule has 0 aliphatic rings. The third-order valence-electron chi connectivity index (χ3n) is 3.90. The number of para-hydroxylation sites is 1. The molecular weight excluding hydrogens is 420 g/mol. The van der Waals surface area contributed by atoms with E-state index in [0.29, 0.717) is 5.75 Å². The average Bonchev–Trinajstić information content (AvgIpc) is 2.84. The van der Waals surface area contributed by atoms with Crippen molar-refractivity contribution in [3.05, 3.63) is 122 Å². The van der Waals surface area contributed by atoms with Crippen molar-refractivity contribution in [3.8, 4) is 5.75 Å². The molecular formula is C24H20CrO5. The van der Waals surface area contributed by atoms with Gasteiger partial charge in [-0.25, -0.2) is 0 Å². The van der Waals surface area contributed by atoms with Crippen molar-refractivity contribution in [1.29, 1.82) is 0 Å². The van der Waals surface area contributed by atoms with E-state index in [-0.39, 0.29) is 23.5 Å². The summed E-state index contributed by atoms with van der Waals surface area (Å²) in [5, 5.41) is 10.7. The Hall–Kier alpha value is -2.83. The predicted molar refractivity (Wildman–Crippen MR) is 104 cm³/mol. The SMILES string of the molecule is C[C@H](Oc1ccccc1[C@H](O)c1ccccc1)c1ccccc1.[C-]#[O+].[C-]#[O+].[C-]#[O+].[Cr]. The molecule has 0 unspecified atom stereocenters. The molecule has 0 saturated carbocycles. The van der Waals surface area contributed by atoms with Crippen molar-refractivity contribution in [2.75, 3.05) is 0 Å². The van der Waals surface area contributed by atoms with E-state index in [2.05, 4.69) is 20.0 Å². The summed E-state index contributed by atoms with van der Waals surface area (Å²) in [4.78, 5) is 0. The Morgan fingerprint density at radius 2 is 1.07 bits per heavy atom. The molecule has 0 bridgehead atoms. The molecule has 0 spiro atoms. The third kappa shape index (κ3) is 9.11. The van der Waals surface area contributed by atoms with Crippen LogP contribution in [0.5, 0.6) is 5.75 Å². The Kier molecular flexibility index (Phi) is 17.8. The van der Waals surface area contributed by atoms with Gasteiger partial charge in [-0.2, -0.15) is 0 Å². The van der Waals surface area contributed by atoms with Gasteiger partial charge in [-0.3, -0.25) is 0 Å². The van der Waals surface area contributed by atoms with Crippen LogP contribution >= 0.6 is 0 Å². The molecule has 0 aromatic heterocycles. The van der Waals surface area contributed by atoms with E-state index in [1.165, 1.54) is 0 Å². The number of benzene rings is 3. The molecule has 3 aromatic carbocycles. The summed E-state index contributed by atoms with van der Waals surface area (Å²) in [6.07, 6.45) is -0.782. The molecule has 0 amide bonds. The number of ether oxygens (including phenoxy) is 1. The summed E-state index contributed by atoms with van der Waals surface area (Å²) in [6.45, 7) is 15.5. The zero-order valence-electron chi connectivity index (χ0n) is 16.2. The first-order valence-electron chi connectivity index (χ1n) is 8.40. The first-order chi connectivity index (χ1) is 14.3. The molecule has 0 fully saturated rings. The second kappa shape index (κ2) is 18.2. The molecule has 152 valence electrons. The zero-order valence-corrected chi connectivity index (χ0v) is 17.5. The van der Waals surface area contributed by atoms with Gasteiger partial charge in [0.1, 0.15) is 18.0 Å². The van der Waals surface area contributed by atoms with Gasteiger partial charge in [0.05, 0.1) is 0 Å². The van der Waals surface area contributed by atoms with Gasteiger partial charge in [0.2, 0.25) is 0 Å². The van der Waals surface area contributed by atoms with Crippen molar-refractivity contribution in [2.24, 2.45) is 0 Å². The fraction of sp³-hybridized carbons (Fsp3) is 0.125. The summed E-state index contributed by atoms with van der Waals surface area (Å²) >= 11 is 0. The summed E-state index contributed by atoms with van der Waals surface area (Å²) in [5.74, 6) is 0.709. The van der Waals surface area contributed by atoms with Crippen LogP contribution in [0.3, 0.4) is 0 Å². The van der Waals surface area contributed by atoms with Gasteiger partial charge in [-0.1, -0.05) is 78.9 Å². The van der Waals surface area contributed by atoms with E-state index in [1.807, 2.05) is 91.9 Å². The monoisotopic (exact) mass is 440 g/mol. The molecule has 0 heterocycles. The molecule has 1 N–H and O–H groups in total. The fourth-order valence-corrected chi connectivity index (χ4v) is 2.61. The first-order valence-corrected chi connectivity index (χ1v) is 8.40. The smallest absolute Gasteiger partial charge is 0 e. The molecule has 0 radical (unpaired) electrons. The van der Waals surface area contributed by atoms with Crippen LogP contribution < -0.4 is 4.74 Å². The average molecular weight is 440 g/mol. The van der Waals surface area contributed by atoms with Crippen LogP contribution in [-0.2, 0) is 31.3 Å². The van der Waals surface area contributed by atoms with Gasteiger partial charge in [0.15, 0.2) is 0 Å². The minimum atomic E-state index is -0.699. The Morgan fingerprint density at radius 1 is 0.667 bits per heavy atom. The molecule has 30 heavy (non-hydrogen) atoms. The van der Waals surface area contributed by atoms with Crippen LogP contribution in [0, 0.1) is 20.0 Å². The van der Waals surface area contributed by atoms with Crippen molar-refractivity contribution < 1.29 is 41.2 Å². The van der Waals surface area contributed by atoms with Crippen molar-refractivity contribution >= 4 is 0 Å². The van der Waals surface area contributed by atoms with Crippen LogP contribution in [0.4, 0.5) is 0 Å². The largest absolute Gasteiger partial charge is 0 e. The van der Waals surface area contributed by atoms with Crippen molar-refractivity contribution in [3.63, 3.8) is 0 Å². The zero-order chi connectivity index (χ0) is 22.1. The minimum absolute atomic E-state index is 0. The predicted octanol–water partition coefficient (Wildman–Crippen LogP) is 4.79. The molecule has 0 aliphatic heterocycles. The fourth-order valence-electron chi connectivity index (χ4n) is 2.61. The first kappa shape index (κ1) is 29.4. The molecule has 0 saturated heterocycles. The second-order valence-electron chi connectivity index (χ2n) is 5.52. The standard InChI is InChI=1S/C21H20O2.3CO.Cr/c1-16(17-10-4-2-5-11-17)23-20-15-9-8-14-19(20)21(22)18-12-6-3-7-13-18;3*1-2;/h2-16,21-22H,1H3;;;;/t16-,21+;;;;/m0..../s1. The van der Waals surface area contributed by atoms with Crippen LogP contribution in [0.15, 0.2) is 84.9 Å². The topological polar surface area (TPSA) is 89.2 Å². The molecule has 0 aliphatic carbocycles. The minimum Gasteiger partial charge on any atom is 0 e. The maximum Gasteiger partial charge on any atom is 0 e. The Morgan fingerprint density at radius 3 is 1.57 bits per heavy atom. The number of rotatable bonds is 5. The van der Waals surface area contributed by atoms with E-state index < -0.39 is 6.10 Å². The van der Waals surface area contributed by atoms with Crippen molar-refractivity contribution in [2.45, 2.75) is 19.1 Å². The van der Waals surface area contributed by atoms with Gasteiger partial charge >= 0.3 is 33.9 Å². The maximum absolute atomic E-state index is 10.7.